The molecule has 0 saturated carbocycles. The summed E-state index contributed by atoms with van der Waals surface area (Å²) in [7, 11) is 0. The first-order valence-electron chi connectivity index (χ1n) is 12.0. The van der Waals surface area contributed by atoms with E-state index < -0.39 is 0 Å². The maximum atomic E-state index is 13.4. The number of amides is 1. The summed E-state index contributed by atoms with van der Waals surface area (Å²) in [4.78, 5) is 16.7. The second-order valence-electron chi connectivity index (χ2n) is 9.40. The van der Waals surface area contributed by atoms with E-state index in [4.69, 9.17) is 9.26 Å². The van der Waals surface area contributed by atoms with Crippen molar-refractivity contribution in [1.82, 2.24) is 10.1 Å². The molecule has 4 heterocycles. The highest BCUT2D eigenvalue weighted by Gasteiger charge is 2.37. The zero-order valence-electron chi connectivity index (χ0n) is 19.0. The van der Waals surface area contributed by atoms with Crippen LogP contribution < -0.4 is 4.90 Å². The van der Waals surface area contributed by atoms with Gasteiger partial charge < -0.3 is 19.1 Å². The van der Waals surface area contributed by atoms with Crippen molar-refractivity contribution in [2.45, 2.75) is 44.1 Å². The minimum atomic E-state index is -0.296. The van der Waals surface area contributed by atoms with Crippen LogP contribution in [0.15, 0.2) is 40.9 Å². The molecule has 6 rings (SSSR count). The molecule has 1 atom stereocenters. The summed E-state index contributed by atoms with van der Waals surface area (Å²) in [5, 5.41) is 5.17. The lowest BCUT2D eigenvalue weighted by Gasteiger charge is -2.31. The highest BCUT2D eigenvalue weighted by Crippen LogP contribution is 2.42. The molecule has 0 radical (unpaired) electrons. The van der Waals surface area contributed by atoms with Gasteiger partial charge in [-0.15, -0.1) is 12.4 Å². The fraction of sp³-hybridized carbons (Fsp3) is 0.462. The van der Waals surface area contributed by atoms with Crippen LogP contribution in [0.3, 0.4) is 0 Å². The Morgan fingerprint density at radius 1 is 1.15 bits per heavy atom. The van der Waals surface area contributed by atoms with Gasteiger partial charge in [0.15, 0.2) is 5.58 Å². The molecule has 0 N–H and O–H groups in total. The predicted molar refractivity (Wildman–Crippen MR) is 130 cm³/mol. The van der Waals surface area contributed by atoms with E-state index in [0.29, 0.717) is 31.1 Å². The van der Waals surface area contributed by atoms with Gasteiger partial charge >= 0.3 is 0 Å². The van der Waals surface area contributed by atoms with E-state index in [2.05, 4.69) is 28.3 Å². The number of anilines is 1. The van der Waals surface area contributed by atoms with Crippen LogP contribution >= 0.6 is 12.4 Å². The average molecular weight is 486 g/mol. The summed E-state index contributed by atoms with van der Waals surface area (Å²) in [6, 6.07) is 11.0. The molecular formula is C26H29ClFN3O3. The first-order valence-corrected chi connectivity index (χ1v) is 12.0. The lowest BCUT2D eigenvalue weighted by Crippen LogP contribution is -2.34. The number of aryl methyl sites for hydroxylation is 1. The number of nitrogens with zero attached hydrogens (tertiary/aromatic N) is 3. The molecule has 1 aromatic heterocycles. The molecular weight excluding hydrogens is 457 g/mol. The molecule has 0 spiro atoms. The first-order chi connectivity index (χ1) is 16.2. The van der Waals surface area contributed by atoms with Crippen molar-refractivity contribution in [3.8, 4) is 0 Å². The molecule has 6 nitrogen and oxygen atoms in total. The third-order valence-electron chi connectivity index (χ3n) is 7.40. The van der Waals surface area contributed by atoms with Gasteiger partial charge in [-0.1, -0.05) is 23.4 Å². The van der Waals surface area contributed by atoms with Crippen LogP contribution in [0, 0.1) is 5.82 Å². The Morgan fingerprint density at radius 3 is 2.85 bits per heavy atom. The molecule has 1 saturated heterocycles. The van der Waals surface area contributed by atoms with Crippen molar-refractivity contribution in [2.75, 3.05) is 37.7 Å². The van der Waals surface area contributed by atoms with Crippen LogP contribution in [0.2, 0.25) is 0 Å². The molecule has 8 heteroatoms. The van der Waals surface area contributed by atoms with Crippen molar-refractivity contribution in [2.24, 2.45) is 0 Å². The van der Waals surface area contributed by atoms with Crippen molar-refractivity contribution < 1.29 is 18.4 Å². The van der Waals surface area contributed by atoms with Crippen LogP contribution in [0.4, 0.5) is 10.1 Å². The maximum absolute atomic E-state index is 13.4. The minimum Gasteiger partial charge on any atom is -0.372 e. The second-order valence-corrected chi connectivity index (χ2v) is 9.40. The van der Waals surface area contributed by atoms with Crippen LogP contribution in [-0.4, -0.2) is 48.7 Å². The SMILES string of the molecule is Cl.O=C1CCc2cccc3c2N1CC3OCCCN1CCC(c2noc3cc(F)ccc23)CC1. The number of benzene rings is 2. The third kappa shape index (κ3) is 4.21. The molecule has 1 unspecified atom stereocenters. The van der Waals surface area contributed by atoms with Crippen LogP contribution in [0.5, 0.6) is 0 Å². The summed E-state index contributed by atoms with van der Waals surface area (Å²) >= 11 is 0. The van der Waals surface area contributed by atoms with Gasteiger partial charge in [-0.05, 0) is 56.5 Å². The number of rotatable bonds is 6. The second kappa shape index (κ2) is 9.64. The molecule has 0 aliphatic carbocycles. The number of carbonyl (C=O) groups excluding carboxylic acids is 1. The van der Waals surface area contributed by atoms with Gasteiger partial charge in [0, 0.05) is 42.5 Å². The number of aromatic nitrogens is 1. The molecule has 3 aliphatic heterocycles. The number of hydrogen-bond acceptors (Lipinski definition) is 5. The van der Waals surface area contributed by atoms with Gasteiger partial charge in [0.25, 0.3) is 0 Å². The van der Waals surface area contributed by atoms with E-state index in [9.17, 15) is 9.18 Å². The molecule has 3 aliphatic rings. The van der Waals surface area contributed by atoms with Gasteiger partial charge in [-0.3, -0.25) is 4.79 Å². The summed E-state index contributed by atoms with van der Waals surface area (Å²) in [5.74, 6) is 0.274. The molecule has 3 aromatic rings. The normalized spacial score (nSPS) is 20.6. The van der Waals surface area contributed by atoms with E-state index in [-0.39, 0.29) is 30.2 Å². The highest BCUT2D eigenvalue weighted by atomic mass is 35.5. The summed E-state index contributed by atoms with van der Waals surface area (Å²) in [6.45, 7) is 4.36. The Labute approximate surface area is 204 Å². The lowest BCUT2D eigenvalue weighted by atomic mass is 9.91. The van der Waals surface area contributed by atoms with Crippen LogP contribution in [0.1, 0.15) is 54.5 Å². The Hall–Kier alpha value is -2.48. The van der Waals surface area contributed by atoms with Gasteiger partial charge in [0.05, 0.1) is 17.9 Å². The number of para-hydroxylation sites is 1. The molecule has 34 heavy (non-hydrogen) atoms. The van der Waals surface area contributed by atoms with Crippen molar-refractivity contribution in [1.29, 1.82) is 0 Å². The third-order valence-corrected chi connectivity index (χ3v) is 7.40. The van der Waals surface area contributed by atoms with E-state index in [1.54, 1.807) is 6.07 Å². The summed E-state index contributed by atoms with van der Waals surface area (Å²) in [5.41, 5.74) is 5.03. The number of piperidine rings is 1. The van der Waals surface area contributed by atoms with Gasteiger partial charge in [0.2, 0.25) is 5.91 Å². The van der Waals surface area contributed by atoms with E-state index in [1.807, 2.05) is 4.90 Å². The molecule has 0 bridgehead atoms. The van der Waals surface area contributed by atoms with Crippen LogP contribution in [-0.2, 0) is 16.0 Å². The molecule has 1 fully saturated rings. The minimum absolute atomic E-state index is 0. The Kier molecular flexibility index (Phi) is 6.60. The van der Waals surface area contributed by atoms with Crippen molar-refractivity contribution >= 4 is 35.0 Å². The van der Waals surface area contributed by atoms with E-state index >= 15 is 0 Å². The van der Waals surface area contributed by atoms with Crippen molar-refractivity contribution in [3.63, 3.8) is 0 Å². The van der Waals surface area contributed by atoms with E-state index in [1.165, 1.54) is 23.3 Å². The standard InChI is InChI=1S/C26H28FN3O3.ClH/c27-19-6-7-20-22(15-19)33-28-25(20)17-9-12-29(13-10-17)11-2-14-32-23-16-30-24(31)8-5-18-3-1-4-21(23)26(18)30;/h1,3-4,6-7,15,17,23H,2,5,8-14,16H2;1H. The monoisotopic (exact) mass is 485 g/mol. The smallest absolute Gasteiger partial charge is 0.227 e. The molecule has 1 amide bonds. The van der Waals surface area contributed by atoms with Gasteiger partial charge in [-0.2, -0.15) is 0 Å². The molecule has 2 aromatic carbocycles. The van der Waals surface area contributed by atoms with E-state index in [0.717, 1.165) is 62.1 Å². The number of hydrogen-bond donors (Lipinski definition) is 0. The fourth-order valence-corrected chi connectivity index (χ4v) is 5.67. The quantitative estimate of drug-likeness (QED) is 0.459. The Balaban J connectivity index is 0.00000241. The zero-order valence-corrected chi connectivity index (χ0v) is 19.9. The Bertz CT molecular complexity index is 1190. The topological polar surface area (TPSA) is 58.8 Å². The lowest BCUT2D eigenvalue weighted by molar-refractivity contribution is -0.119. The summed E-state index contributed by atoms with van der Waals surface area (Å²) in [6.07, 6.45) is 4.43. The highest BCUT2D eigenvalue weighted by molar-refractivity contribution is 5.99. The van der Waals surface area contributed by atoms with Gasteiger partial charge in [-0.25, -0.2) is 4.39 Å². The van der Waals surface area contributed by atoms with Gasteiger partial charge in [0.1, 0.15) is 11.9 Å². The van der Waals surface area contributed by atoms with Crippen molar-refractivity contribution in [3.05, 3.63) is 59.0 Å². The number of halogens is 2. The molecule has 180 valence electrons. The number of fused-ring (bicyclic) bond motifs is 1. The average Bonchev–Trinajstić information content (AvgIpc) is 3.42. The first kappa shape index (κ1) is 23.3. The number of carbonyl (C=O) groups is 1. The predicted octanol–water partition coefficient (Wildman–Crippen LogP) is 5.01. The largest absolute Gasteiger partial charge is 0.372 e. The Morgan fingerprint density at radius 2 is 2.00 bits per heavy atom. The number of likely N-dealkylation sites (tertiary alicyclic amines) is 1. The summed E-state index contributed by atoms with van der Waals surface area (Å²) < 4.78 is 25.0. The maximum Gasteiger partial charge on any atom is 0.227 e. The van der Waals surface area contributed by atoms with Crippen LogP contribution in [0.25, 0.3) is 11.0 Å². The fourth-order valence-electron chi connectivity index (χ4n) is 5.67. The zero-order chi connectivity index (χ0) is 22.4. The number of ether oxygens (including phenoxy) is 1.